The van der Waals surface area contributed by atoms with Crippen molar-refractivity contribution in [1.29, 1.82) is 0 Å². The Labute approximate surface area is 99.7 Å². The second kappa shape index (κ2) is 5.94. The van der Waals surface area contributed by atoms with Crippen LogP contribution in [0.4, 0.5) is 0 Å². The zero-order chi connectivity index (χ0) is 12.2. The summed E-state index contributed by atoms with van der Waals surface area (Å²) in [7, 11) is -3.45. The standard InChI is InChI=1S/C10H17O4PS/c1-4-13-15(12,14-5-2)10(11)9-7-6-8(3)16-9/h6-7,10-11H,4-5H2,1-3H3. The summed E-state index contributed by atoms with van der Waals surface area (Å²) in [5.41, 5.74) is 0. The summed E-state index contributed by atoms with van der Waals surface area (Å²) in [4.78, 5) is 1.66. The van der Waals surface area contributed by atoms with E-state index in [4.69, 9.17) is 9.05 Å². The van der Waals surface area contributed by atoms with Crippen LogP contribution in [0, 0.1) is 6.92 Å². The second-order valence-electron chi connectivity index (χ2n) is 3.20. The molecule has 0 bridgehead atoms. The molecule has 0 fully saturated rings. The van der Waals surface area contributed by atoms with E-state index >= 15 is 0 Å². The molecule has 0 radical (unpaired) electrons. The SMILES string of the molecule is CCOP(=O)(OCC)C(O)c1ccc(C)s1. The van der Waals surface area contributed by atoms with Crippen molar-refractivity contribution in [2.45, 2.75) is 26.6 Å². The van der Waals surface area contributed by atoms with E-state index in [0.29, 0.717) is 4.88 Å². The van der Waals surface area contributed by atoms with Crippen LogP contribution in [0.5, 0.6) is 0 Å². The molecule has 0 amide bonds. The van der Waals surface area contributed by atoms with Crippen LogP contribution >= 0.6 is 18.9 Å². The Morgan fingerprint density at radius 3 is 2.31 bits per heavy atom. The predicted molar refractivity (Wildman–Crippen MR) is 64.9 cm³/mol. The molecule has 1 N–H and O–H groups in total. The van der Waals surface area contributed by atoms with Gasteiger partial charge >= 0.3 is 7.60 Å². The Bertz CT molecular complexity index is 367. The highest BCUT2D eigenvalue weighted by atomic mass is 32.1. The normalized spacial score (nSPS) is 14.0. The Morgan fingerprint density at radius 2 is 1.94 bits per heavy atom. The first-order chi connectivity index (χ1) is 7.53. The third-order valence-electron chi connectivity index (χ3n) is 1.93. The third kappa shape index (κ3) is 3.15. The lowest BCUT2D eigenvalue weighted by Gasteiger charge is -2.21. The average Bonchev–Trinajstić information content (AvgIpc) is 2.64. The van der Waals surface area contributed by atoms with Gasteiger partial charge < -0.3 is 14.2 Å². The van der Waals surface area contributed by atoms with E-state index in [-0.39, 0.29) is 13.2 Å². The lowest BCUT2D eigenvalue weighted by Crippen LogP contribution is -2.04. The van der Waals surface area contributed by atoms with Crippen molar-refractivity contribution in [3.63, 3.8) is 0 Å². The minimum absolute atomic E-state index is 0.249. The monoisotopic (exact) mass is 264 g/mol. The number of hydrogen-bond donors (Lipinski definition) is 1. The van der Waals surface area contributed by atoms with E-state index in [9.17, 15) is 9.67 Å². The number of aliphatic hydroxyl groups is 1. The van der Waals surface area contributed by atoms with Gasteiger partial charge in [0.05, 0.1) is 13.2 Å². The van der Waals surface area contributed by atoms with Crippen LogP contribution in [-0.4, -0.2) is 18.3 Å². The van der Waals surface area contributed by atoms with E-state index in [0.717, 1.165) is 4.88 Å². The van der Waals surface area contributed by atoms with E-state index in [1.165, 1.54) is 11.3 Å². The van der Waals surface area contributed by atoms with Crippen LogP contribution in [0.2, 0.25) is 0 Å². The minimum Gasteiger partial charge on any atom is -0.376 e. The van der Waals surface area contributed by atoms with Gasteiger partial charge in [-0.25, -0.2) is 0 Å². The zero-order valence-corrected chi connectivity index (χ0v) is 11.4. The molecule has 0 spiro atoms. The van der Waals surface area contributed by atoms with E-state index in [1.807, 2.05) is 13.0 Å². The molecule has 0 saturated heterocycles. The van der Waals surface area contributed by atoms with Crippen molar-refractivity contribution in [2.75, 3.05) is 13.2 Å². The number of aryl methyl sites for hydroxylation is 1. The van der Waals surface area contributed by atoms with E-state index in [1.54, 1.807) is 19.9 Å². The van der Waals surface area contributed by atoms with Crippen molar-refractivity contribution in [1.82, 2.24) is 0 Å². The number of hydrogen-bond acceptors (Lipinski definition) is 5. The minimum atomic E-state index is -3.45. The topological polar surface area (TPSA) is 55.8 Å². The molecule has 1 aromatic rings. The fourth-order valence-corrected chi connectivity index (χ4v) is 4.06. The molecular weight excluding hydrogens is 247 g/mol. The Morgan fingerprint density at radius 1 is 1.38 bits per heavy atom. The zero-order valence-electron chi connectivity index (χ0n) is 9.67. The maximum Gasteiger partial charge on any atom is 0.364 e. The van der Waals surface area contributed by atoms with Gasteiger partial charge in [0.25, 0.3) is 0 Å². The first-order valence-electron chi connectivity index (χ1n) is 5.16. The van der Waals surface area contributed by atoms with Gasteiger partial charge in [-0.2, -0.15) is 0 Å². The molecule has 0 saturated carbocycles. The van der Waals surface area contributed by atoms with Crippen molar-refractivity contribution in [3.8, 4) is 0 Å². The van der Waals surface area contributed by atoms with Crippen LogP contribution in [0.1, 0.15) is 29.4 Å². The van der Waals surface area contributed by atoms with Crippen LogP contribution in [-0.2, 0) is 13.6 Å². The van der Waals surface area contributed by atoms with Crippen molar-refractivity contribution in [2.24, 2.45) is 0 Å². The van der Waals surface area contributed by atoms with Gasteiger partial charge in [-0.05, 0) is 32.9 Å². The van der Waals surface area contributed by atoms with E-state index < -0.39 is 13.4 Å². The molecular formula is C10H17O4PS. The molecule has 0 aliphatic heterocycles. The highest BCUT2D eigenvalue weighted by Crippen LogP contribution is 2.60. The predicted octanol–water partition coefficient (Wildman–Crippen LogP) is 3.31. The third-order valence-corrected chi connectivity index (χ3v) is 5.27. The smallest absolute Gasteiger partial charge is 0.364 e. The second-order valence-corrected chi connectivity index (χ2v) is 6.60. The lowest BCUT2D eigenvalue weighted by molar-refractivity contribution is 0.152. The largest absolute Gasteiger partial charge is 0.376 e. The number of thiophene rings is 1. The van der Waals surface area contributed by atoms with Crippen molar-refractivity contribution < 1.29 is 18.7 Å². The van der Waals surface area contributed by atoms with Crippen molar-refractivity contribution >= 4 is 18.9 Å². The quantitative estimate of drug-likeness (QED) is 0.801. The lowest BCUT2D eigenvalue weighted by atomic mass is 10.4. The van der Waals surface area contributed by atoms with Gasteiger partial charge in [0, 0.05) is 9.75 Å². The fraction of sp³-hybridized carbons (Fsp3) is 0.600. The molecule has 1 heterocycles. The fourth-order valence-electron chi connectivity index (χ4n) is 1.29. The van der Waals surface area contributed by atoms with Gasteiger partial charge in [-0.3, -0.25) is 4.57 Å². The summed E-state index contributed by atoms with van der Waals surface area (Å²) < 4.78 is 22.4. The summed E-state index contributed by atoms with van der Waals surface area (Å²) >= 11 is 1.39. The summed E-state index contributed by atoms with van der Waals surface area (Å²) in [6.45, 7) is 5.86. The number of rotatable bonds is 6. The summed E-state index contributed by atoms with van der Waals surface area (Å²) in [5.74, 6) is -1.19. The molecule has 0 aliphatic rings. The van der Waals surface area contributed by atoms with Gasteiger partial charge in [-0.15, -0.1) is 11.3 Å². The molecule has 1 atom stereocenters. The molecule has 16 heavy (non-hydrogen) atoms. The van der Waals surface area contributed by atoms with Crippen LogP contribution < -0.4 is 0 Å². The maximum absolute atomic E-state index is 12.2. The summed E-state index contributed by atoms with van der Waals surface area (Å²) in [6, 6.07) is 3.61. The summed E-state index contributed by atoms with van der Waals surface area (Å²) in [5, 5.41) is 10.0. The molecule has 1 aromatic heterocycles. The molecule has 6 heteroatoms. The number of aliphatic hydroxyl groups excluding tert-OH is 1. The molecule has 1 rings (SSSR count). The van der Waals surface area contributed by atoms with Gasteiger partial charge in [-0.1, -0.05) is 0 Å². The molecule has 0 aliphatic carbocycles. The Kier molecular flexibility index (Phi) is 5.15. The molecule has 1 unspecified atom stereocenters. The molecule has 92 valence electrons. The Hall–Kier alpha value is -0.190. The van der Waals surface area contributed by atoms with Gasteiger partial charge in [0.2, 0.25) is 0 Å². The van der Waals surface area contributed by atoms with Crippen LogP contribution in [0.3, 0.4) is 0 Å². The highest BCUT2D eigenvalue weighted by molar-refractivity contribution is 7.54. The Balaban J connectivity index is 2.90. The van der Waals surface area contributed by atoms with Crippen LogP contribution in [0.25, 0.3) is 0 Å². The van der Waals surface area contributed by atoms with Gasteiger partial charge in [0.1, 0.15) is 0 Å². The van der Waals surface area contributed by atoms with Crippen LogP contribution in [0.15, 0.2) is 12.1 Å². The average molecular weight is 264 g/mol. The molecule has 4 nitrogen and oxygen atoms in total. The van der Waals surface area contributed by atoms with E-state index in [2.05, 4.69) is 0 Å². The van der Waals surface area contributed by atoms with Gasteiger partial charge in [0.15, 0.2) is 5.85 Å². The van der Waals surface area contributed by atoms with Crippen molar-refractivity contribution in [3.05, 3.63) is 21.9 Å². The first kappa shape index (κ1) is 13.9. The summed E-state index contributed by atoms with van der Waals surface area (Å²) in [6.07, 6.45) is 0. The first-order valence-corrected chi connectivity index (χ1v) is 7.59. The maximum atomic E-state index is 12.2. The highest BCUT2D eigenvalue weighted by Gasteiger charge is 2.36. The molecule has 0 aromatic carbocycles.